The summed E-state index contributed by atoms with van der Waals surface area (Å²) >= 11 is 0. The van der Waals surface area contributed by atoms with Crippen LogP contribution in [-0.2, 0) is 0 Å². The van der Waals surface area contributed by atoms with Gasteiger partial charge in [0.05, 0.1) is 0 Å². The molecule has 0 radical (unpaired) electrons. The van der Waals surface area contributed by atoms with Crippen molar-refractivity contribution in [1.82, 2.24) is 0 Å². The smallest absolute Gasteiger partial charge is 0.0787 e. The Morgan fingerprint density at radius 2 is 1.04 bits per heavy atom. The highest BCUT2D eigenvalue weighted by molar-refractivity contribution is 6.94. The van der Waals surface area contributed by atoms with Crippen molar-refractivity contribution in [2.75, 3.05) is 0 Å². The number of rotatable bonds is 3. The predicted molar refractivity (Wildman–Crippen MR) is 114 cm³/mol. The van der Waals surface area contributed by atoms with Gasteiger partial charge in [0.15, 0.2) is 0 Å². The molecule has 2 atom stereocenters. The molecule has 3 aromatic rings. The average Bonchev–Trinajstić information content (AvgIpc) is 3.33. The van der Waals surface area contributed by atoms with E-state index in [1.165, 1.54) is 27.4 Å². The first-order valence-electron chi connectivity index (χ1n) is 9.38. The fraction of sp³-hybridized carbons (Fsp3) is 0.120. The van der Waals surface area contributed by atoms with Crippen molar-refractivity contribution in [2.45, 2.75) is 17.6 Å². The summed E-state index contributed by atoms with van der Waals surface area (Å²) in [6, 6.07) is 29.1. The molecule has 0 heterocycles. The first-order chi connectivity index (χ1) is 12.8. The Kier molecular flexibility index (Phi) is 3.58. The van der Waals surface area contributed by atoms with E-state index in [0.29, 0.717) is 11.1 Å². The van der Waals surface area contributed by atoms with Gasteiger partial charge in [-0.3, -0.25) is 0 Å². The van der Waals surface area contributed by atoms with Gasteiger partial charge in [-0.1, -0.05) is 115 Å². The second-order valence-electron chi connectivity index (χ2n) is 7.58. The minimum Gasteiger partial charge on any atom is -0.0787 e. The molecule has 1 heteroatoms. The van der Waals surface area contributed by atoms with Gasteiger partial charge in [0.25, 0.3) is 0 Å². The van der Waals surface area contributed by atoms with Gasteiger partial charge in [0, 0.05) is 11.1 Å². The summed E-state index contributed by atoms with van der Waals surface area (Å²) in [4.78, 5) is 0. The maximum absolute atomic E-state index is 2.58. The number of fused-ring (bicyclic) bond motifs is 2. The van der Waals surface area contributed by atoms with E-state index in [-0.39, 0.29) is 0 Å². The molecule has 5 rings (SSSR count). The number of allylic oxidation sites excluding steroid dienone is 2. The zero-order valence-corrected chi connectivity index (χ0v) is 16.0. The van der Waals surface area contributed by atoms with E-state index in [1.807, 2.05) is 0 Å². The Balaban J connectivity index is 1.72. The van der Waals surface area contributed by atoms with Gasteiger partial charge in [0.1, 0.15) is 8.07 Å². The van der Waals surface area contributed by atoms with Gasteiger partial charge in [0.2, 0.25) is 0 Å². The highest BCUT2D eigenvalue weighted by atomic mass is 28.3. The molecule has 126 valence electrons. The Labute approximate surface area is 156 Å². The van der Waals surface area contributed by atoms with Crippen LogP contribution in [0.3, 0.4) is 0 Å². The number of benzene rings is 3. The molecule has 2 aliphatic rings. The molecule has 0 fully saturated rings. The van der Waals surface area contributed by atoms with Crippen molar-refractivity contribution in [1.29, 1.82) is 0 Å². The second kappa shape index (κ2) is 5.96. The molecule has 26 heavy (non-hydrogen) atoms. The fourth-order valence-corrected chi connectivity index (χ4v) is 9.72. The summed E-state index contributed by atoms with van der Waals surface area (Å²) < 4.78 is 0. The summed E-state index contributed by atoms with van der Waals surface area (Å²) in [5.41, 5.74) is 6.79. The van der Waals surface area contributed by atoms with Crippen LogP contribution >= 0.6 is 0 Å². The molecule has 0 aliphatic heterocycles. The van der Waals surface area contributed by atoms with E-state index in [4.69, 9.17) is 0 Å². The zero-order chi connectivity index (χ0) is 17.6. The molecule has 2 aliphatic carbocycles. The van der Waals surface area contributed by atoms with E-state index >= 15 is 0 Å². The van der Waals surface area contributed by atoms with Crippen molar-refractivity contribution in [3.63, 3.8) is 0 Å². The van der Waals surface area contributed by atoms with Crippen LogP contribution in [0.15, 0.2) is 91.0 Å². The monoisotopic (exact) mass is 350 g/mol. The summed E-state index contributed by atoms with van der Waals surface area (Å²) in [7, 11) is -1.94. The van der Waals surface area contributed by atoms with Crippen LogP contribution in [-0.4, -0.2) is 8.07 Å². The third-order valence-corrected chi connectivity index (χ3v) is 11.5. The lowest BCUT2D eigenvalue weighted by molar-refractivity contribution is 1.06. The molecule has 0 saturated carbocycles. The number of hydrogen-bond donors (Lipinski definition) is 0. The van der Waals surface area contributed by atoms with Crippen LogP contribution in [0.5, 0.6) is 0 Å². The molecule has 0 saturated heterocycles. The quantitative estimate of drug-likeness (QED) is 0.534. The summed E-state index contributed by atoms with van der Waals surface area (Å²) in [6.45, 7) is 2.58. The lowest BCUT2D eigenvalue weighted by Gasteiger charge is -2.39. The summed E-state index contributed by atoms with van der Waals surface area (Å²) in [6.07, 6.45) is 9.61. The second-order valence-corrected chi connectivity index (χ2v) is 12.0. The molecule has 2 unspecified atom stereocenters. The number of hydrogen-bond acceptors (Lipinski definition) is 0. The van der Waals surface area contributed by atoms with Crippen molar-refractivity contribution in [2.24, 2.45) is 0 Å². The van der Waals surface area contributed by atoms with Crippen LogP contribution in [0.1, 0.15) is 33.3 Å². The lowest BCUT2D eigenvalue weighted by Crippen LogP contribution is -2.54. The first kappa shape index (κ1) is 15.6. The molecular weight excluding hydrogens is 328 g/mol. The average molecular weight is 351 g/mol. The third-order valence-electron chi connectivity index (χ3n) is 6.29. The predicted octanol–water partition coefficient (Wildman–Crippen LogP) is 5.67. The van der Waals surface area contributed by atoms with E-state index in [0.717, 1.165) is 0 Å². The Bertz CT molecular complexity index is 952. The molecule has 3 aromatic carbocycles. The third kappa shape index (κ3) is 2.20. The molecule has 0 spiro atoms. The molecule has 0 bridgehead atoms. The summed E-state index contributed by atoms with van der Waals surface area (Å²) in [5.74, 6) is 0. The SMILES string of the molecule is C[Si](c1ccccc1)(C1C=Cc2ccccc21)C1C=Cc2ccccc21. The largest absolute Gasteiger partial charge is 0.106 e. The van der Waals surface area contributed by atoms with Crippen molar-refractivity contribution in [3.8, 4) is 0 Å². The standard InChI is InChI=1S/C25H22Si/c1-26(21-11-3-2-4-12-21,24-17-15-19-9-5-7-13-22(19)24)25-18-16-20-10-6-8-14-23(20)25/h2-18,24-25H,1H3. The van der Waals surface area contributed by atoms with Crippen LogP contribution in [0, 0.1) is 0 Å². The van der Waals surface area contributed by atoms with Crippen molar-refractivity contribution >= 4 is 25.4 Å². The van der Waals surface area contributed by atoms with Crippen LogP contribution in [0.4, 0.5) is 0 Å². The van der Waals surface area contributed by atoms with Crippen LogP contribution in [0.25, 0.3) is 12.2 Å². The normalized spacial score (nSPS) is 22.0. The maximum atomic E-state index is 2.58. The molecule has 0 N–H and O–H groups in total. The lowest BCUT2D eigenvalue weighted by atomic mass is 10.1. The zero-order valence-electron chi connectivity index (χ0n) is 15.0. The van der Waals surface area contributed by atoms with Gasteiger partial charge < -0.3 is 0 Å². The van der Waals surface area contributed by atoms with E-state index in [2.05, 4.69) is 110 Å². The highest BCUT2D eigenvalue weighted by Crippen LogP contribution is 2.46. The van der Waals surface area contributed by atoms with Crippen LogP contribution in [0.2, 0.25) is 6.55 Å². The van der Waals surface area contributed by atoms with E-state index < -0.39 is 8.07 Å². The minimum atomic E-state index is -1.94. The molecule has 0 amide bonds. The van der Waals surface area contributed by atoms with E-state index in [9.17, 15) is 0 Å². The Morgan fingerprint density at radius 1 is 0.577 bits per heavy atom. The Hall–Kier alpha value is -2.64. The molecule has 0 nitrogen and oxygen atoms in total. The fourth-order valence-electron chi connectivity index (χ4n) is 4.89. The maximum Gasteiger partial charge on any atom is 0.106 e. The van der Waals surface area contributed by atoms with Gasteiger partial charge in [-0.25, -0.2) is 0 Å². The van der Waals surface area contributed by atoms with Gasteiger partial charge in [-0.15, -0.1) is 0 Å². The van der Waals surface area contributed by atoms with Crippen molar-refractivity contribution in [3.05, 3.63) is 113 Å². The highest BCUT2D eigenvalue weighted by Gasteiger charge is 2.47. The van der Waals surface area contributed by atoms with Crippen LogP contribution < -0.4 is 5.19 Å². The summed E-state index contributed by atoms with van der Waals surface area (Å²) in [5, 5.41) is 1.54. The first-order valence-corrected chi connectivity index (χ1v) is 12.0. The molecular formula is C25H22Si. The van der Waals surface area contributed by atoms with E-state index in [1.54, 1.807) is 0 Å². The Morgan fingerprint density at radius 3 is 1.58 bits per heavy atom. The van der Waals surface area contributed by atoms with Crippen molar-refractivity contribution < 1.29 is 0 Å². The molecule has 0 aromatic heterocycles. The van der Waals surface area contributed by atoms with Gasteiger partial charge >= 0.3 is 0 Å². The topological polar surface area (TPSA) is 0 Å². The minimum absolute atomic E-state index is 0.502. The van der Waals surface area contributed by atoms with Gasteiger partial charge in [-0.05, 0) is 22.3 Å². The van der Waals surface area contributed by atoms with Gasteiger partial charge in [-0.2, -0.15) is 0 Å².